The summed E-state index contributed by atoms with van der Waals surface area (Å²) in [6.45, 7) is 6.53. The van der Waals surface area contributed by atoms with Crippen LogP contribution >= 0.6 is 0 Å². The second-order valence-corrected chi connectivity index (χ2v) is 10.9. The van der Waals surface area contributed by atoms with Gasteiger partial charge in [0.25, 0.3) is 6.43 Å². The number of aromatic nitrogens is 2. The Kier molecular flexibility index (Phi) is 8.49. The van der Waals surface area contributed by atoms with Crippen LogP contribution in [0.5, 0.6) is 5.88 Å². The van der Waals surface area contributed by atoms with Crippen LogP contribution in [0, 0.1) is 18.7 Å². The topological polar surface area (TPSA) is 55.2 Å². The van der Waals surface area contributed by atoms with Gasteiger partial charge in [-0.15, -0.1) is 0 Å². The molecule has 4 nitrogen and oxygen atoms in total. The quantitative estimate of drug-likeness (QED) is 0.273. The van der Waals surface area contributed by atoms with E-state index in [1.807, 2.05) is 12.3 Å². The second kappa shape index (κ2) is 11.4. The lowest BCUT2D eigenvalue weighted by atomic mass is 9.93. The van der Waals surface area contributed by atoms with Crippen LogP contribution in [0.3, 0.4) is 0 Å². The van der Waals surface area contributed by atoms with Gasteiger partial charge in [-0.05, 0) is 91.5 Å². The van der Waals surface area contributed by atoms with E-state index in [9.17, 15) is 31.4 Å². The summed E-state index contributed by atoms with van der Waals surface area (Å²) >= 11 is 0. The van der Waals surface area contributed by atoms with Crippen LogP contribution in [0.25, 0.3) is 11.1 Å². The Bertz CT molecular complexity index is 1370. The molecule has 0 fully saturated rings. The average molecular weight is 567 g/mol. The van der Waals surface area contributed by atoms with Crippen molar-refractivity contribution in [3.05, 3.63) is 76.0 Å². The van der Waals surface area contributed by atoms with E-state index < -0.39 is 29.6 Å². The van der Waals surface area contributed by atoms with E-state index in [1.54, 1.807) is 0 Å². The second-order valence-electron chi connectivity index (χ2n) is 10.9. The van der Waals surface area contributed by atoms with Crippen LogP contribution in [0.4, 0.5) is 26.3 Å². The Hall–Kier alpha value is -3.14. The minimum Gasteiger partial charge on any atom is -0.478 e. The van der Waals surface area contributed by atoms with Crippen molar-refractivity contribution >= 4 is 0 Å². The molecule has 0 amide bonds. The van der Waals surface area contributed by atoms with Crippen LogP contribution in [0.2, 0.25) is 0 Å². The lowest BCUT2D eigenvalue weighted by Crippen LogP contribution is -2.35. The molecule has 0 radical (unpaired) electrons. The van der Waals surface area contributed by atoms with Gasteiger partial charge in [-0.1, -0.05) is 13.8 Å². The van der Waals surface area contributed by atoms with Crippen molar-refractivity contribution in [3.63, 3.8) is 0 Å². The van der Waals surface area contributed by atoms with E-state index in [4.69, 9.17) is 4.74 Å². The SMILES string of the molecule is Cc1nc(OCCC(C)(O)C(F)F)ccc1-c1cc(CCc2cc3c(cn2)[C@@H](C)C(C)C3)c(F)cc1C(F)(F)F. The van der Waals surface area contributed by atoms with Gasteiger partial charge in [0.05, 0.1) is 12.2 Å². The summed E-state index contributed by atoms with van der Waals surface area (Å²) in [4.78, 5) is 8.67. The third-order valence-corrected chi connectivity index (χ3v) is 7.79. The zero-order valence-corrected chi connectivity index (χ0v) is 22.7. The molecule has 40 heavy (non-hydrogen) atoms. The molecule has 1 aliphatic rings. The first-order valence-corrected chi connectivity index (χ1v) is 13.2. The zero-order chi connectivity index (χ0) is 29.4. The number of ether oxygens (including phenoxy) is 1. The van der Waals surface area contributed by atoms with Gasteiger partial charge in [0.2, 0.25) is 5.88 Å². The largest absolute Gasteiger partial charge is 0.478 e. The molecule has 216 valence electrons. The van der Waals surface area contributed by atoms with E-state index in [0.717, 1.165) is 19.0 Å². The molecule has 10 heteroatoms. The number of hydrogen-bond donors (Lipinski definition) is 1. The summed E-state index contributed by atoms with van der Waals surface area (Å²) in [7, 11) is 0. The maximum atomic E-state index is 14.9. The first-order chi connectivity index (χ1) is 18.7. The Labute approximate surface area is 229 Å². The molecule has 1 N–H and O–H groups in total. The first-order valence-electron chi connectivity index (χ1n) is 13.2. The highest BCUT2D eigenvalue weighted by molar-refractivity contribution is 5.71. The molecule has 2 aromatic heterocycles. The predicted molar refractivity (Wildman–Crippen MR) is 139 cm³/mol. The lowest BCUT2D eigenvalue weighted by molar-refractivity contribution is -0.137. The standard InChI is InChI=1S/C30H32F6N2O2/c1-16-11-20-12-21(37-15-24(20)17(16)2)6-5-19-13-23(25(14-26(19)31)30(34,35)36)22-7-8-27(38-18(22)3)40-10-9-29(4,39)28(32)33/h7-8,12-17,28,39H,5-6,9-11H2,1-4H3/t16?,17-,29?/m0/s1. The number of benzene rings is 1. The van der Waals surface area contributed by atoms with Gasteiger partial charge in [0.15, 0.2) is 0 Å². The predicted octanol–water partition coefficient (Wildman–Crippen LogP) is 7.48. The third kappa shape index (κ3) is 6.43. The van der Waals surface area contributed by atoms with E-state index in [-0.39, 0.29) is 47.7 Å². The van der Waals surface area contributed by atoms with Crippen LogP contribution < -0.4 is 4.74 Å². The maximum absolute atomic E-state index is 14.9. The molecule has 0 saturated carbocycles. The molecular weight excluding hydrogens is 534 g/mol. The number of pyridine rings is 2. The zero-order valence-electron chi connectivity index (χ0n) is 22.7. The number of alkyl halides is 5. The fraction of sp³-hybridized carbons (Fsp3) is 0.467. The Balaban J connectivity index is 1.58. The fourth-order valence-corrected chi connectivity index (χ4v) is 5.01. The third-order valence-electron chi connectivity index (χ3n) is 7.79. The number of nitrogens with zero attached hydrogens (tertiary/aromatic N) is 2. The summed E-state index contributed by atoms with van der Waals surface area (Å²) in [5.41, 5.74) is 0.0303. The molecule has 3 aromatic rings. The van der Waals surface area contributed by atoms with Gasteiger partial charge >= 0.3 is 6.18 Å². The molecule has 0 aliphatic heterocycles. The van der Waals surface area contributed by atoms with Gasteiger partial charge in [-0.25, -0.2) is 18.2 Å². The molecule has 2 unspecified atom stereocenters. The molecule has 2 heterocycles. The lowest BCUT2D eigenvalue weighted by Gasteiger charge is -2.22. The fourth-order valence-electron chi connectivity index (χ4n) is 5.01. The molecule has 1 aromatic carbocycles. The van der Waals surface area contributed by atoms with Crippen molar-refractivity contribution in [2.45, 2.75) is 77.5 Å². The van der Waals surface area contributed by atoms with E-state index in [0.29, 0.717) is 24.3 Å². The van der Waals surface area contributed by atoms with Crippen LogP contribution in [0.1, 0.15) is 66.8 Å². The van der Waals surface area contributed by atoms with Crippen molar-refractivity contribution in [3.8, 4) is 17.0 Å². The highest BCUT2D eigenvalue weighted by Gasteiger charge is 2.36. The van der Waals surface area contributed by atoms with Crippen LogP contribution in [0.15, 0.2) is 36.5 Å². The highest BCUT2D eigenvalue weighted by Crippen LogP contribution is 2.40. The van der Waals surface area contributed by atoms with E-state index >= 15 is 0 Å². The summed E-state index contributed by atoms with van der Waals surface area (Å²) < 4.78 is 87.7. The van der Waals surface area contributed by atoms with Gasteiger partial charge in [0.1, 0.15) is 11.4 Å². The van der Waals surface area contributed by atoms with Gasteiger partial charge in [-0.2, -0.15) is 13.2 Å². The summed E-state index contributed by atoms with van der Waals surface area (Å²) in [5, 5.41) is 9.66. The summed E-state index contributed by atoms with van der Waals surface area (Å²) in [6.07, 6.45) is -4.85. The summed E-state index contributed by atoms with van der Waals surface area (Å²) in [6, 6.07) is 6.42. The van der Waals surface area contributed by atoms with Gasteiger partial charge in [0, 0.05) is 35.6 Å². The van der Waals surface area contributed by atoms with Crippen molar-refractivity contribution in [2.75, 3.05) is 6.61 Å². The van der Waals surface area contributed by atoms with Crippen molar-refractivity contribution in [2.24, 2.45) is 5.92 Å². The van der Waals surface area contributed by atoms with Crippen LogP contribution in [-0.2, 0) is 25.4 Å². The van der Waals surface area contributed by atoms with Crippen molar-refractivity contribution in [1.29, 1.82) is 0 Å². The van der Waals surface area contributed by atoms with E-state index in [1.165, 1.54) is 36.2 Å². The minimum absolute atomic E-state index is 0.00790. The molecular formula is C30H32F6N2O2. The number of aryl methyl sites for hydroxylation is 3. The maximum Gasteiger partial charge on any atom is 0.417 e. The Morgan fingerprint density at radius 1 is 1.07 bits per heavy atom. The van der Waals surface area contributed by atoms with Gasteiger partial charge < -0.3 is 9.84 Å². The molecule has 4 rings (SSSR count). The number of aliphatic hydroxyl groups is 1. The van der Waals surface area contributed by atoms with Crippen molar-refractivity contribution in [1.82, 2.24) is 9.97 Å². The average Bonchev–Trinajstić information content (AvgIpc) is 3.15. The monoisotopic (exact) mass is 566 g/mol. The Morgan fingerprint density at radius 2 is 1.80 bits per heavy atom. The number of halogens is 6. The molecule has 0 bridgehead atoms. The number of rotatable bonds is 9. The number of hydrogen-bond acceptors (Lipinski definition) is 4. The highest BCUT2D eigenvalue weighted by atomic mass is 19.4. The molecule has 0 saturated heterocycles. The molecule has 3 atom stereocenters. The smallest absolute Gasteiger partial charge is 0.417 e. The van der Waals surface area contributed by atoms with Crippen molar-refractivity contribution < 1.29 is 36.2 Å². The minimum atomic E-state index is -4.81. The van der Waals surface area contributed by atoms with Gasteiger partial charge in [-0.3, -0.25) is 4.98 Å². The van der Waals surface area contributed by atoms with E-state index in [2.05, 4.69) is 23.8 Å². The molecule has 1 aliphatic carbocycles. The first kappa shape index (κ1) is 29.8. The van der Waals surface area contributed by atoms with Crippen LogP contribution in [-0.4, -0.2) is 33.7 Å². The summed E-state index contributed by atoms with van der Waals surface area (Å²) in [5.74, 6) is -0.0274. The molecule has 0 spiro atoms. The normalized spacial score (nSPS) is 18.6. The number of fused-ring (bicyclic) bond motifs is 1. The Morgan fingerprint density at radius 3 is 2.45 bits per heavy atom.